The molecule has 178 valence electrons. The van der Waals surface area contributed by atoms with Gasteiger partial charge in [-0.2, -0.15) is 0 Å². The Morgan fingerprint density at radius 1 is 1.36 bits per heavy atom. The molecular weight excluding hydrogens is 468 g/mol. The van der Waals surface area contributed by atoms with E-state index in [4.69, 9.17) is 15.2 Å². The molecule has 1 aromatic heterocycles. The second-order valence-corrected chi connectivity index (χ2v) is 9.40. The molecule has 1 aromatic rings. The molecule has 3 heterocycles. The van der Waals surface area contributed by atoms with Crippen LogP contribution in [0.4, 0.5) is 5.13 Å². The summed E-state index contributed by atoms with van der Waals surface area (Å²) in [5.74, 6) is -1.62. The van der Waals surface area contributed by atoms with Crippen LogP contribution in [0.5, 0.6) is 0 Å². The number of allylic oxidation sites excluding steroid dienone is 1. The average molecular weight is 495 g/mol. The highest BCUT2D eigenvalue weighted by Crippen LogP contribution is 2.40. The number of nitrogens with two attached hydrogens (primary N) is 1. The molecule has 2 amide bonds. The van der Waals surface area contributed by atoms with E-state index in [-0.39, 0.29) is 24.4 Å². The van der Waals surface area contributed by atoms with E-state index in [1.54, 1.807) is 5.38 Å². The Balaban J connectivity index is 1.56. The number of nitrogen functional groups attached to an aromatic ring is 1. The van der Waals surface area contributed by atoms with Crippen molar-refractivity contribution in [3.8, 4) is 0 Å². The molecule has 10 nitrogen and oxygen atoms in total. The number of amides is 2. The van der Waals surface area contributed by atoms with Gasteiger partial charge in [0.05, 0.1) is 12.1 Å². The summed E-state index contributed by atoms with van der Waals surface area (Å²) in [6.45, 7) is 5.20. The highest BCUT2D eigenvalue weighted by Gasteiger charge is 2.54. The fourth-order valence-corrected chi connectivity index (χ4v) is 5.29. The van der Waals surface area contributed by atoms with Gasteiger partial charge in [-0.25, -0.2) is 9.78 Å². The van der Waals surface area contributed by atoms with Crippen LogP contribution in [0.15, 0.2) is 29.3 Å². The van der Waals surface area contributed by atoms with Crippen molar-refractivity contribution in [2.75, 3.05) is 18.3 Å². The smallest absolute Gasteiger partial charge is 0.358 e. The summed E-state index contributed by atoms with van der Waals surface area (Å²) in [7, 11) is 0. The second kappa shape index (κ2) is 11.3. The van der Waals surface area contributed by atoms with Gasteiger partial charge in [0, 0.05) is 17.6 Å². The molecule has 0 bridgehead atoms. The molecule has 0 spiro atoms. The normalized spacial score (nSPS) is 19.4. The van der Waals surface area contributed by atoms with E-state index in [2.05, 4.69) is 16.9 Å². The highest BCUT2D eigenvalue weighted by atomic mass is 32.2. The summed E-state index contributed by atoms with van der Waals surface area (Å²) in [5.41, 5.74) is 6.69. The predicted molar refractivity (Wildman–Crippen MR) is 124 cm³/mol. The van der Waals surface area contributed by atoms with Crippen molar-refractivity contribution in [3.05, 3.63) is 35.0 Å². The summed E-state index contributed by atoms with van der Waals surface area (Å²) in [4.78, 5) is 54.9. The molecule has 0 aromatic carbocycles. The van der Waals surface area contributed by atoms with Crippen LogP contribution in [0.1, 0.15) is 38.3 Å². The lowest BCUT2D eigenvalue weighted by molar-refractivity contribution is -0.168. The molecule has 2 aliphatic rings. The number of hydrogen-bond acceptors (Lipinski definition) is 10. The summed E-state index contributed by atoms with van der Waals surface area (Å²) in [6, 6.07) is -0.774. The zero-order valence-corrected chi connectivity index (χ0v) is 19.8. The number of carbonyl (C=O) groups is 4. The monoisotopic (exact) mass is 494 g/mol. The van der Waals surface area contributed by atoms with Crippen LogP contribution in [-0.2, 0) is 35.1 Å². The van der Waals surface area contributed by atoms with Crippen molar-refractivity contribution in [2.45, 2.75) is 50.4 Å². The van der Waals surface area contributed by atoms with Crippen molar-refractivity contribution in [2.24, 2.45) is 0 Å². The second-order valence-electron chi connectivity index (χ2n) is 7.41. The van der Waals surface area contributed by atoms with Crippen LogP contribution in [0.3, 0.4) is 0 Å². The van der Waals surface area contributed by atoms with E-state index in [0.29, 0.717) is 28.6 Å². The topological polar surface area (TPSA) is 141 Å². The quantitative estimate of drug-likeness (QED) is 0.204. The fourth-order valence-electron chi connectivity index (χ4n) is 3.39. The Hall–Kier alpha value is -2.86. The zero-order chi connectivity index (χ0) is 24.0. The number of unbranched alkanes of at least 4 members (excludes halogenated alkanes) is 2. The Bertz CT molecular complexity index is 976. The van der Waals surface area contributed by atoms with Gasteiger partial charge in [-0.15, -0.1) is 23.1 Å². The lowest BCUT2D eigenvalue weighted by atomic mass is 10.0. The van der Waals surface area contributed by atoms with Crippen LogP contribution >= 0.6 is 23.1 Å². The third-order valence-electron chi connectivity index (χ3n) is 5.06. The van der Waals surface area contributed by atoms with Crippen LogP contribution < -0.4 is 11.1 Å². The minimum absolute atomic E-state index is 0.00113. The summed E-state index contributed by atoms with van der Waals surface area (Å²) >= 11 is 2.64. The summed E-state index contributed by atoms with van der Waals surface area (Å²) in [5, 5.41) is 4.29. The number of anilines is 1. The molecule has 0 saturated carbocycles. The van der Waals surface area contributed by atoms with Gasteiger partial charge in [0.25, 0.3) is 5.91 Å². The van der Waals surface area contributed by atoms with Crippen molar-refractivity contribution in [1.82, 2.24) is 15.2 Å². The number of rotatable bonds is 11. The Morgan fingerprint density at radius 3 is 2.82 bits per heavy atom. The maximum absolute atomic E-state index is 12.8. The average Bonchev–Trinajstić information content (AvgIpc) is 3.20. The first-order valence-corrected chi connectivity index (χ1v) is 12.4. The number of ether oxygens (including phenoxy) is 2. The predicted octanol–water partition coefficient (Wildman–Crippen LogP) is 1.73. The number of hydrogen-bond donors (Lipinski definition) is 2. The van der Waals surface area contributed by atoms with E-state index >= 15 is 0 Å². The number of nitrogens with one attached hydrogen (secondary N) is 1. The first kappa shape index (κ1) is 24.8. The molecule has 1 saturated heterocycles. The molecule has 2 atom stereocenters. The number of fused-ring (bicyclic) bond motifs is 1. The maximum atomic E-state index is 12.8. The number of aromatic nitrogens is 1. The van der Waals surface area contributed by atoms with Crippen molar-refractivity contribution >= 4 is 52.0 Å². The first-order chi connectivity index (χ1) is 15.8. The first-order valence-electron chi connectivity index (χ1n) is 10.5. The minimum atomic E-state index is -0.785. The van der Waals surface area contributed by atoms with Gasteiger partial charge in [-0.3, -0.25) is 19.3 Å². The Morgan fingerprint density at radius 2 is 2.15 bits per heavy atom. The van der Waals surface area contributed by atoms with Crippen LogP contribution in [0.25, 0.3) is 0 Å². The minimum Gasteiger partial charge on any atom is -0.428 e. The van der Waals surface area contributed by atoms with E-state index in [1.165, 1.54) is 34.1 Å². The van der Waals surface area contributed by atoms with E-state index in [0.717, 1.165) is 12.8 Å². The van der Waals surface area contributed by atoms with Gasteiger partial charge in [0.1, 0.15) is 17.1 Å². The SMILES string of the molecule is C=CC1=C(C(=O)OCOC(=O)CCCCC)N2C(=O)C(NC(=O)Cc3csc(N)n3)[C@H]2SC1. The maximum Gasteiger partial charge on any atom is 0.358 e. The number of nitrogens with zero attached hydrogens (tertiary/aromatic N) is 2. The number of esters is 2. The molecule has 0 aliphatic carbocycles. The Kier molecular flexibility index (Phi) is 8.50. The van der Waals surface area contributed by atoms with E-state index < -0.39 is 36.1 Å². The van der Waals surface area contributed by atoms with Crippen LogP contribution in [0, 0.1) is 0 Å². The fraction of sp³-hybridized carbons (Fsp3) is 0.476. The third kappa shape index (κ3) is 5.93. The van der Waals surface area contributed by atoms with Gasteiger partial charge in [-0.1, -0.05) is 32.4 Å². The van der Waals surface area contributed by atoms with Gasteiger partial charge in [-0.05, 0) is 12.0 Å². The largest absolute Gasteiger partial charge is 0.428 e. The van der Waals surface area contributed by atoms with Crippen molar-refractivity contribution < 1.29 is 28.7 Å². The molecular formula is C21H26N4O6S2. The summed E-state index contributed by atoms with van der Waals surface area (Å²) in [6.07, 6.45) is 4.34. The van der Waals surface area contributed by atoms with Gasteiger partial charge >= 0.3 is 11.9 Å². The molecule has 3 rings (SSSR count). The lowest BCUT2D eigenvalue weighted by Crippen LogP contribution is -2.70. The van der Waals surface area contributed by atoms with Gasteiger partial charge in [0.15, 0.2) is 5.13 Å². The Labute approximate surface area is 199 Å². The molecule has 2 aliphatic heterocycles. The van der Waals surface area contributed by atoms with Gasteiger partial charge in [0.2, 0.25) is 12.7 Å². The number of thioether (sulfide) groups is 1. The van der Waals surface area contributed by atoms with Crippen molar-refractivity contribution in [1.29, 1.82) is 0 Å². The molecule has 3 N–H and O–H groups in total. The molecule has 0 radical (unpaired) electrons. The van der Waals surface area contributed by atoms with Crippen LogP contribution in [-0.4, -0.2) is 57.6 Å². The zero-order valence-electron chi connectivity index (χ0n) is 18.2. The molecule has 1 fully saturated rings. The highest BCUT2D eigenvalue weighted by molar-refractivity contribution is 8.00. The van der Waals surface area contributed by atoms with Crippen LogP contribution in [0.2, 0.25) is 0 Å². The van der Waals surface area contributed by atoms with E-state index in [1.807, 2.05) is 6.92 Å². The number of carbonyl (C=O) groups excluding carboxylic acids is 4. The standard InChI is InChI=1S/C21H26N4O6S2/c1-3-5-6-7-15(27)30-11-31-20(29)17-12(4-2)9-32-19-16(18(28)25(17)19)24-14(26)8-13-10-33-21(22)23-13/h4,10,16,19H,2-3,5-9,11H2,1H3,(H2,22,23)(H,24,26)/t16?,19-/m1/s1. The molecule has 33 heavy (non-hydrogen) atoms. The lowest BCUT2D eigenvalue weighted by Gasteiger charge is -2.49. The third-order valence-corrected chi connectivity index (χ3v) is 7.08. The summed E-state index contributed by atoms with van der Waals surface area (Å²) < 4.78 is 10.0. The molecule has 1 unspecified atom stereocenters. The number of thiazole rings is 1. The molecule has 12 heteroatoms. The van der Waals surface area contributed by atoms with Crippen molar-refractivity contribution in [3.63, 3.8) is 0 Å². The number of β-lactam (4-membered cyclic amide) rings is 1. The van der Waals surface area contributed by atoms with E-state index in [9.17, 15) is 19.2 Å². The van der Waals surface area contributed by atoms with Gasteiger partial charge < -0.3 is 20.5 Å².